The molecule has 0 fully saturated rings. The highest BCUT2D eigenvalue weighted by Crippen LogP contribution is 2.34. The lowest BCUT2D eigenvalue weighted by molar-refractivity contribution is -0.143. The first-order valence-electron chi connectivity index (χ1n) is 9.15. The summed E-state index contributed by atoms with van der Waals surface area (Å²) in [5, 5.41) is 23.2. The van der Waals surface area contributed by atoms with Crippen molar-refractivity contribution in [1.82, 2.24) is 34.7 Å². The second-order valence-electron chi connectivity index (χ2n) is 6.69. The monoisotopic (exact) mass is 454 g/mol. The molecule has 3 N–H and O–H groups in total. The molecule has 11 nitrogen and oxygen atoms in total. The summed E-state index contributed by atoms with van der Waals surface area (Å²) in [4.78, 5) is 21.7. The molecular formula is C19H13F3N10O. The average Bonchev–Trinajstić information content (AvgIpc) is 3.45. The highest BCUT2D eigenvalue weighted by Gasteiger charge is 2.41. The second-order valence-corrected chi connectivity index (χ2v) is 6.69. The second kappa shape index (κ2) is 8.04. The largest absolute Gasteiger partial charge is 0.434 e. The van der Waals surface area contributed by atoms with E-state index in [-0.39, 0.29) is 28.6 Å². The van der Waals surface area contributed by atoms with E-state index in [4.69, 9.17) is 5.73 Å². The van der Waals surface area contributed by atoms with Crippen LogP contribution in [0.2, 0.25) is 0 Å². The first-order chi connectivity index (χ1) is 15.7. The van der Waals surface area contributed by atoms with E-state index in [0.717, 1.165) is 11.0 Å². The van der Waals surface area contributed by atoms with Crippen molar-refractivity contribution in [3.63, 3.8) is 0 Å². The van der Waals surface area contributed by atoms with E-state index in [2.05, 4.69) is 30.6 Å². The van der Waals surface area contributed by atoms with Crippen molar-refractivity contribution < 1.29 is 18.0 Å². The van der Waals surface area contributed by atoms with Crippen LogP contribution in [0.4, 0.5) is 24.7 Å². The summed E-state index contributed by atoms with van der Waals surface area (Å²) in [6, 6.07) is 4.35. The van der Waals surface area contributed by atoms with E-state index in [9.17, 15) is 23.2 Å². The summed E-state index contributed by atoms with van der Waals surface area (Å²) in [7, 11) is 0. The van der Waals surface area contributed by atoms with Gasteiger partial charge in [0, 0.05) is 12.3 Å². The van der Waals surface area contributed by atoms with Gasteiger partial charge in [-0.05, 0) is 18.6 Å². The van der Waals surface area contributed by atoms with Gasteiger partial charge in [-0.15, -0.1) is 4.80 Å². The highest BCUT2D eigenvalue weighted by atomic mass is 19.4. The maximum atomic E-state index is 13.9. The van der Waals surface area contributed by atoms with Gasteiger partial charge in [-0.2, -0.15) is 33.7 Å². The first kappa shape index (κ1) is 21.4. The number of pyridine rings is 2. The summed E-state index contributed by atoms with van der Waals surface area (Å²) in [5.41, 5.74) is 3.98. The lowest BCUT2D eigenvalue weighted by Gasteiger charge is -2.14. The summed E-state index contributed by atoms with van der Waals surface area (Å²) >= 11 is 0. The Kier molecular flexibility index (Phi) is 5.22. The molecule has 4 aromatic heterocycles. The van der Waals surface area contributed by atoms with Crippen LogP contribution in [-0.2, 0) is 6.18 Å². The zero-order valence-corrected chi connectivity index (χ0v) is 16.7. The minimum absolute atomic E-state index is 0.00127. The van der Waals surface area contributed by atoms with Crippen LogP contribution in [0.15, 0.2) is 43.1 Å². The number of nitrogens with zero attached hydrogens (tertiary/aromatic N) is 8. The topological polar surface area (TPSA) is 153 Å². The molecule has 0 aliphatic heterocycles. The number of nitrogens with two attached hydrogens (primary N) is 1. The Morgan fingerprint density at radius 1 is 1.12 bits per heavy atom. The van der Waals surface area contributed by atoms with Gasteiger partial charge in [-0.3, -0.25) is 4.79 Å². The number of hydrogen-bond donors (Lipinski definition) is 2. The zero-order chi connectivity index (χ0) is 23.8. The number of hydrogen-bond acceptors (Lipinski definition) is 8. The Morgan fingerprint density at radius 2 is 1.85 bits per heavy atom. The number of carbonyl (C=O) groups excluding carboxylic acids is 1. The van der Waals surface area contributed by atoms with Gasteiger partial charge >= 0.3 is 6.18 Å². The van der Waals surface area contributed by atoms with Crippen LogP contribution < -0.4 is 11.1 Å². The number of amides is 1. The lowest BCUT2D eigenvalue weighted by Crippen LogP contribution is -2.21. The molecule has 0 spiro atoms. The van der Waals surface area contributed by atoms with Gasteiger partial charge < -0.3 is 11.1 Å². The van der Waals surface area contributed by atoms with E-state index < -0.39 is 23.3 Å². The molecule has 0 saturated carbocycles. The van der Waals surface area contributed by atoms with Crippen molar-refractivity contribution in [2.24, 2.45) is 0 Å². The molecule has 0 bridgehead atoms. The van der Waals surface area contributed by atoms with Crippen LogP contribution in [0.25, 0.3) is 11.5 Å². The van der Waals surface area contributed by atoms with Crippen molar-refractivity contribution in [1.29, 1.82) is 5.26 Å². The molecule has 14 heteroatoms. The molecule has 1 amide bonds. The molecule has 33 heavy (non-hydrogen) atoms. The third kappa shape index (κ3) is 4.06. The molecule has 0 unspecified atom stereocenters. The molecule has 4 aromatic rings. The number of anilines is 2. The van der Waals surface area contributed by atoms with E-state index >= 15 is 0 Å². The van der Waals surface area contributed by atoms with Gasteiger partial charge in [-0.1, -0.05) is 0 Å². The number of carbonyl (C=O) groups is 1. The molecule has 0 radical (unpaired) electrons. The standard InChI is InChI=1S/C19H13F3N10O/c1-10-7-25-15(24)5-14(10)31-16(19(20,21)22)13(9-29-31)18(33)30-12-4-11(6-23)17(26-8-12)32-27-2-3-28-32/h2-5,7-9H,1H3,(H2,24,25)(H,30,33). The Labute approximate surface area is 183 Å². The number of aryl methyl sites for hydroxylation is 1. The van der Waals surface area contributed by atoms with Gasteiger partial charge in [0.1, 0.15) is 17.5 Å². The van der Waals surface area contributed by atoms with Crippen molar-refractivity contribution in [3.8, 4) is 17.6 Å². The molecule has 4 rings (SSSR count). The van der Waals surface area contributed by atoms with Crippen LogP contribution in [0.3, 0.4) is 0 Å². The number of aromatic nitrogens is 7. The lowest BCUT2D eigenvalue weighted by atomic mass is 10.2. The summed E-state index contributed by atoms with van der Waals surface area (Å²) in [5.74, 6) is -1.01. The Balaban J connectivity index is 1.72. The third-order valence-corrected chi connectivity index (χ3v) is 4.46. The summed E-state index contributed by atoms with van der Waals surface area (Å²) in [6.45, 7) is 1.54. The molecule has 4 heterocycles. The zero-order valence-electron chi connectivity index (χ0n) is 16.7. The SMILES string of the molecule is Cc1cnc(N)cc1-n1ncc(C(=O)Nc2cnc(-n3nccn3)c(C#N)c2)c1C(F)(F)F. The molecule has 0 atom stereocenters. The molecule has 166 valence electrons. The van der Waals surface area contributed by atoms with Crippen LogP contribution in [0, 0.1) is 18.3 Å². The number of halogens is 3. The number of nitriles is 1. The van der Waals surface area contributed by atoms with Gasteiger partial charge in [-0.25, -0.2) is 14.6 Å². The summed E-state index contributed by atoms with van der Waals surface area (Å²) in [6.07, 6.45) is 1.12. The summed E-state index contributed by atoms with van der Waals surface area (Å²) < 4.78 is 42.4. The van der Waals surface area contributed by atoms with Crippen LogP contribution >= 0.6 is 0 Å². The van der Waals surface area contributed by atoms with Gasteiger partial charge in [0.15, 0.2) is 11.5 Å². The van der Waals surface area contributed by atoms with Crippen molar-refractivity contribution in [2.75, 3.05) is 11.1 Å². The van der Waals surface area contributed by atoms with Gasteiger partial charge in [0.2, 0.25) is 0 Å². The van der Waals surface area contributed by atoms with Crippen molar-refractivity contribution >= 4 is 17.4 Å². The average molecular weight is 454 g/mol. The maximum Gasteiger partial charge on any atom is 0.434 e. The quantitative estimate of drug-likeness (QED) is 0.476. The third-order valence-electron chi connectivity index (χ3n) is 4.46. The predicted octanol–water partition coefficient (Wildman–Crippen LogP) is 2.28. The highest BCUT2D eigenvalue weighted by molar-refractivity contribution is 6.05. The Hall–Kier alpha value is -4.80. The van der Waals surface area contributed by atoms with Crippen LogP contribution in [0.5, 0.6) is 0 Å². The van der Waals surface area contributed by atoms with Crippen LogP contribution in [0.1, 0.15) is 27.2 Å². The van der Waals surface area contributed by atoms with E-state index in [1.807, 2.05) is 6.07 Å². The van der Waals surface area contributed by atoms with Crippen molar-refractivity contribution in [3.05, 3.63) is 65.5 Å². The predicted molar refractivity (Wildman–Crippen MR) is 107 cm³/mol. The molecule has 0 saturated heterocycles. The van der Waals surface area contributed by atoms with E-state index in [1.54, 1.807) is 0 Å². The van der Waals surface area contributed by atoms with E-state index in [0.29, 0.717) is 10.2 Å². The fourth-order valence-corrected chi connectivity index (χ4v) is 3.02. The number of alkyl halides is 3. The van der Waals surface area contributed by atoms with Gasteiger partial charge in [0.05, 0.1) is 41.7 Å². The number of rotatable bonds is 4. The minimum Gasteiger partial charge on any atom is -0.384 e. The maximum absolute atomic E-state index is 13.9. The smallest absolute Gasteiger partial charge is 0.384 e. The van der Waals surface area contributed by atoms with Crippen LogP contribution in [-0.4, -0.2) is 40.6 Å². The minimum atomic E-state index is -4.92. The Morgan fingerprint density at radius 3 is 2.52 bits per heavy atom. The number of nitrogen functional groups attached to an aromatic ring is 1. The van der Waals surface area contributed by atoms with Crippen molar-refractivity contribution in [2.45, 2.75) is 13.1 Å². The Bertz CT molecular complexity index is 1390. The first-order valence-corrected chi connectivity index (χ1v) is 9.15. The van der Waals surface area contributed by atoms with Gasteiger partial charge in [0.25, 0.3) is 5.91 Å². The molecule has 0 aliphatic carbocycles. The number of nitrogens with one attached hydrogen (secondary N) is 1. The fourth-order valence-electron chi connectivity index (χ4n) is 3.02. The normalized spacial score (nSPS) is 11.2. The molecule has 0 aliphatic rings. The molecular weight excluding hydrogens is 441 g/mol. The molecule has 0 aromatic carbocycles. The fraction of sp³-hybridized carbons (Fsp3) is 0.105. The van der Waals surface area contributed by atoms with E-state index in [1.165, 1.54) is 43.8 Å².